The van der Waals surface area contributed by atoms with Crippen LogP contribution in [-0.2, 0) is 0 Å². The molecule has 0 aliphatic carbocycles. The fourth-order valence-corrected chi connectivity index (χ4v) is 4.29. The molecule has 0 N–H and O–H groups in total. The number of hydrogen-bond acceptors (Lipinski definition) is 4. The van der Waals surface area contributed by atoms with E-state index in [0.717, 1.165) is 17.0 Å². The standard InChI is InChI=1S/C24H21FN2O2S/c1-3-29-20-14-12-19(13-15-20)27-23(28)21-6-4-5-7-22(21)26-24(27)30-16(2)17-8-10-18(25)11-9-17/h4-16H,3H2,1-2H3/t16-/m0/s1. The molecule has 4 rings (SSSR count). The van der Waals surface area contributed by atoms with Crippen LogP contribution in [0.4, 0.5) is 4.39 Å². The second-order valence-corrected chi connectivity index (χ2v) is 8.10. The minimum absolute atomic E-state index is 0.0207. The Morgan fingerprint density at radius 3 is 2.43 bits per heavy atom. The summed E-state index contributed by atoms with van der Waals surface area (Å²) in [6.45, 7) is 4.52. The topological polar surface area (TPSA) is 44.1 Å². The number of nitrogens with zero attached hydrogens (tertiary/aromatic N) is 2. The van der Waals surface area contributed by atoms with E-state index in [1.54, 1.807) is 22.8 Å². The maximum atomic E-state index is 13.4. The van der Waals surface area contributed by atoms with Crippen LogP contribution in [0.2, 0.25) is 0 Å². The predicted octanol–water partition coefficient (Wildman–Crippen LogP) is 5.78. The van der Waals surface area contributed by atoms with Crippen LogP contribution < -0.4 is 10.3 Å². The number of rotatable bonds is 6. The summed E-state index contributed by atoms with van der Waals surface area (Å²) >= 11 is 1.47. The van der Waals surface area contributed by atoms with Crippen molar-refractivity contribution in [3.8, 4) is 11.4 Å². The van der Waals surface area contributed by atoms with E-state index in [4.69, 9.17) is 9.72 Å². The van der Waals surface area contributed by atoms with Crippen LogP contribution in [0.25, 0.3) is 16.6 Å². The molecule has 0 radical (unpaired) electrons. The van der Waals surface area contributed by atoms with Crippen LogP contribution in [0, 0.1) is 5.82 Å². The lowest BCUT2D eigenvalue weighted by atomic mass is 10.2. The monoisotopic (exact) mass is 420 g/mol. The van der Waals surface area contributed by atoms with Gasteiger partial charge in [-0.3, -0.25) is 9.36 Å². The molecule has 0 aliphatic rings. The van der Waals surface area contributed by atoms with Gasteiger partial charge in [-0.15, -0.1) is 0 Å². The second kappa shape index (κ2) is 8.71. The van der Waals surface area contributed by atoms with Crippen molar-refractivity contribution in [3.05, 3.63) is 94.5 Å². The number of para-hydroxylation sites is 1. The molecule has 0 aliphatic heterocycles. The van der Waals surface area contributed by atoms with Gasteiger partial charge in [0.1, 0.15) is 11.6 Å². The Kier molecular flexibility index (Phi) is 5.86. The van der Waals surface area contributed by atoms with Crippen LogP contribution >= 0.6 is 11.8 Å². The van der Waals surface area contributed by atoms with Gasteiger partial charge >= 0.3 is 0 Å². The maximum absolute atomic E-state index is 13.4. The van der Waals surface area contributed by atoms with E-state index < -0.39 is 0 Å². The van der Waals surface area contributed by atoms with Crippen molar-refractivity contribution in [2.24, 2.45) is 0 Å². The molecule has 6 heteroatoms. The minimum atomic E-state index is -0.272. The fraction of sp³-hybridized carbons (Fsp3) is 0.167. The molecule has 0 amide bonds. The molecule has 0 unspecified atom stereocenters. The zero-order valence-corrected chi connectivity index (χ0v) is 17.5. The molecule has 0 saturated heterocycles. The van der Waals surface area contributed by atoms with Gasteiger partial charge in [-0.1, -0.05) is 36.0 Å². The van der Waals surface area contributed by atoms with Gasteiger partial charge in [0.15, 0.2) is 5.16 Å². The molecule has 152 valence electrons. The fourth-order valence-electron chi connectivity index (χ4n) is 3.24. The SMILES string of the molecule is CCOc1ccc(-n2c(S[C@@H](C)c3ccc(F)cc3)nc3ccccc3c2=O)cc1. The predicted molar refractivity (Wildman–Crippen MR) is 119 cm³/mol. The van der Waals surface area contributed by atoms with Gasteiger partial charge in [0, 0.05) is 5.25 Å². The first-order valence-corrected chi connectivity index (χ1v) is 10.6. The van der Waals surface area contributed by atoms with E-state index in [0.29, 0.717) is 22.7 Å². The highest BCUT2D eigenvalue weighted by molar-refractivity contribution is 7.99. The van der Waals surface area contributed by atoms with E-state index in [2.05, 4.69) is 0 Å². The first-order valence-electron chi connectivity index (χ1n) is 9.74. The Morgan fingerprint density at radius 2 is 1.73 bits per heavy atom. The van der Waals surface area contributed by atoms with Gasteiger partial charge in [-0.2, -0.15) is 0 Å². The molecule has 1 heterocycles. The number of thioether (sulfide) groups is 1. The second-order valence-electron chi connectivity index (χ2n) is 6.79. The van der Waals surface area contributed by atoms with Gasteiger partial charge < -0.3 is 4.74 Å². The van der Waals surface area contributed by atoms with E-state index in [1.807, 2.05) is 56.3 Å². The Hall–Kier alpha value is -3.12. The lowest BCUT2D eigenvalue weighted by Gasteiger charge is -2.17. The first kappa shape index (κ1) is 20.2. The first-order chi connectivity index (χ1) is 14.6. The third kappa shape index (κ3) is 4.09. The van der Waals surface area contributed by atoms with Crippen molar-refractivity contribution < 1.29 is 9.13 Å². The van der Waals surface area contributed by atoms with E-state index in [9.17, 15) is 9.18 Å². The highest BCUT2D eigenvalue weighted by Gasteiger charge is 2.17. The van der Waals surface area contributed by atoms with Crippen LogP contribution in [-0.4, -0.2) is 16.2 Å². The van der Waals surface area contributed by atoms with Gasteiger partial charge in [0.05, 0.1) is 23.2 Å². The summed E-state index contributed by atoms with van der Waals surface area (Å²) in [6.07, 6.45) is 0. The number of hydrogen-bond donors (Lipinski definition) is 0. The quantitative estimate of drug-likeness (QED) is 0.293. The van der Waals surface area contributed by atoms with Crippen LogP contribution in [0.1, 0.15) is 24.7 Å². The molecular formula is C24H21FN2O2S. The zero-order valence-electron chi connectivity index (χ0n) is 16.7. The summed E-state index contributed by atoms with van der Waals surface area (Å²) in [5.74, 6) is 0.475. The minimum Gasteiger partial charge on any atom is -0.494 e. The van der Waals surface area contributed by atoms with Crippen LogP contribution in [0.5, 0.6) is 5.75 Å². The lowest BCUT2D eigenvalue weighted by molar-refractivity contribution is 0.340. The van der Waals surface area contributed by atoms with Gasteiger partial charge in [-0.25, -0.2) is 9.37 Å². The van der Waals surface area contributed by atoms with E-state index in [-0.39, 0.29) is 16.6 Å². The molecule has 0 bridgehead atoms. The molecule has 1 atom stereocenters. The molecule has 0 spiro atoms. The molecule has 0 saturated carbocycles. The van der Waals surface area contributed by atoms with E-state index >= 15 is 0 Å². The lowest BCUT2D eigenvalue weighted by Crippen LogP contribution is -2.22. The summed E-state index contributed by atoms with van der Waals surface area (Å²) < 4.78 is 20.5. The molecular weight excluding hydrogens is 399 g/mol. The summed E-state index contributed by atoms with van der Waals surface area (Å²) in [5.41, 5.74) is 2.20. The number of ether oxygens (including phenoxy) is 1. The van der Waals surface area contributed by atoms with Crippen molar-refractivity contribution in [2.75, 3.05) is 6.61 Å². The van der Waals surface area contributed by atoms with Crippen molar-refractivity contribution in [1.29, 1.82) is 0 Å². The normalized spacial score (nSPS) is 12.1. The van der Waals surface area contributed by atoms with Gasteiger partial charge in [0.25, 0.3) is 5.56 Å². The van der Waals surface area contributed by atoms with Crippen molar-refractivity contribution in [3.63, 3.8) is 0 Å². The highest BCUT2D eigenvalue weighted by atomic mass is 32.2. The average molecular weight is 421 g/mol. The van der Waals surface area contributed by atoms with E-state index in [1.165, 1.54) is 23.9 Å². The summed E-state index contributed by atoms with van der Waals surface area (Å²) in [7, 11) is 0. The third-order valence-electron chi connectivity index (χ3n) is 4.77. The maximum Gasteiger partial charge on any atom is 0.266 e. The Morgan fingerprint density at radius 1 is 1.03 bits per heavy atom. The van der Waals surface area contributed by atoms with Crippen LogP contribution in [0.3, 0.4) is 0 Å². The molecule has 1 aromatic heterocycles. The third-order valence-corrected chi connectivity index (χ3v) is 5.88. The van der Waals surface area contributed by atoms with Crippen LogP contribution in [0.15, 0.2) is 82.7 Å². The molecule has 30 heavy (non-hydrogen) atoms. The molecule has 4 aromatic rings. The number of benzene rings is 3. The molecule has 0 fully saturated rings. The van der Waals surface area contributed by atoms with Gasteiger partial charge in [0.2, 0.25) is 0 Å². The molecule has 3 aromatic carbocycles. The number of halogens is 1. The Balaban J connectivity index is 1.81. The number of fused-ring (bicyclic) bond motifs is 1. The smallest absolute Gasteiger partial charge is 0.266 e. The summed E-state index contributed by atoms with van der Waals surface area (Å²) in [6, 6.07) is 21.1. The summed E-state index contributed by atoms with van der Waals surface area (Å²) in [5, 5.41) is 1.12. The van der Waals surface area contributed by atoms with Gasteiger partial charge in [-0.05, 0) is 67.9 Å². The Bertz CT molecular complexity index is 1220. The Labute approximate surface area is 178 Å². The van der Waals surface area contributed by atoms with Crippen molar-refractivity contribution >= 4 is 22.7 Å². The average Bonchev–Trinajstić information content (AvgIpc) is 2.75. The largest absolute Gasteiger partial charge is 0.494 e. The molecule has 4 nitrogen and oxygen atoms in total. The van der Waals surface area contributed by atoms with Crippen molar-refractivity contribution in [2.45, 2.75) is 24.3 Å². The summed E-state index contributed by atoms with van der Waals surface area (Å²) in [4.78, 5) is 18.1. The highest BCUT2D eigenvalue weighted by Crippen LogP contribution is 2.35. The zero-order chi connectivity index (χ0) is 21.1. The number of aromatic nitrogens is 2. The van der Waals surface area contributed by atoms with Crippen molar-refractivity contribution in [1.82, 2.24) is 9.55 Å².